The first-order valence-electron chi connectivity index (χ1n) is 12.6. The van der Waals surface area contributed by atoms with Crippen molar-refractivity contribution in [3.8, 4) is 11.3 Å². The van der Waals surface area contributed by atoms with Gasteiger partial charge in [-0.05, 0) is 58.6 Å². The number of nitrogens with one attached hydrogen (secondary N) is 1. The molecule has 1 unspecified atom stereocenters. The lowest BCUT2D eigenvalue weighted by Crippen LogP contribution is -2.53. The second-order valence-corrected chi connectivity index (χ2v) is 12.9. The summed E-state index contributed by atoms with van der Waals surface area (Å²) < 4.78 is 55.2. The van der Waals surface area contributed by atoms with Crippen LogP contribution in [-0.4, -0.2) is 82.1 Å². The summed E-state index contributed by atoms with van der Waals surface area (Å²) in [7, 11) is -3.44. The zero-order valence-electron chi connectivity index (χ0n) is 22.2. The van der Waals surface area contributed by atoms with Crippen LogP contribution in [0.1, 0.15) is 46.1 Å². The van der Waals surface area contributed by atoms with Crippen LogP contribution in [0, 0.1) is 11.6 Å². The minimum atomic E-state index is -3.44. The number of sulfonamides is 1. The zero-order chi connectivity index (χ0) is 28.2. The van der Waals surface area contributed by atoms with E-state index in [1.807, 2.05) is 18.7 Å². The van der Waals surface area contributed by atoms with Gasteiger partial charge in [0.25, 0.3) is 0 Å². The van der Waals surface area contributed by atoms with E-state index in [0.717, 1.165) is 12.5 Å². The minimum Gasteiger partial charge on any atom is -0.395 e. The highest BCUT2D eigenvalue weighted by atomic mass is 32.2. The molecule has 4 rings (SSSR count). The van der Waals surface area contributed by atoms with E-state index in [1.165, 1.54) is 10.4 Å². The number of halogens is 2. The molecule has 0 amide bonds. The van der Waals surface area contributed by atoms with Gasteiger partial charge in [0.1, 0.15) is 11.5 Å². The van der Waals surface area contributed by atoms with E-state index in [4.69, 9.17) is 5.73 Å². The molecule has 0 spiro atoms. The fourth-order valence-electron chi connectivity index (χ4n) is 5.25. The monoisotopic (exact) mass is 554 g/mol. The van der Waals surface area contributed by atoms with Gasteiger partial charge in [-0.25, -0.2) is 27.2 Å². The number of piperidine rings is 1. The van der Waals surface area contributed by atoms with Crippen molar-refractivity contribution in [1.29, 1.82) is 0 Å². The Balaban J connectivity index is 1.72. The van der Waals surface area contributed by atoms with Gasteiger partial charge in [-0.2, -0.15) is 4.31 Å². The van der Waals surface area contributed by atoms with Gasteiger partial charge in [-0.1, -0.05) is 0 Å². The molecule has 5 N–H and O–H groups in total. The number of aliphatic hydroxyl groups excluding tert-OH is 1. The zero-order valence-corrected chi connectivity index (χ0v) is 23.1. The lowest BCUT2D eigenvalue weighted by atomic mass is 9.86. The third kappa shape index (κ3) is 5.42. The summed E-state index contributed by atoms with van der Waals surface area (Å²) >= 11 is 0. The van der Waals surface area contributed by atoms with E-state index >= 15 is 8.78 Å². The van der Waals surface area contributed by atoms with Crippen molar-refractivity contribution in [3.63, 3.8) is 0 Å². The molecular weight excluding hydrogens is 518 g/mol. The number of nitrogen functional groups attached to an aromatic ring is 1. The smallest absolute Gasteiger partial charge is 0.223 e. The standard InChI is InChI=1S/C25H36F2N6O4S/c1-13-6-7-15-16(10-17(26)21(28)23(15)33(13)14(2)25(3,4)35)22-18(27)11-29-24(31-22)30-19-8-9-32(12-20(19)34)38(5,36)37/h10-11,13-14,19-20,34-35H,6-9,12,28H2,1-5H3,(H,29,30,31)/t13-,14?,19-,20-/m1/s1. The summed E-state index contributed by atoms with van der Waals surface area (Å²) in [5.41, 5.74) is 6.20. The molecule has 1 aromatic heterocycles. The molecule has 2 aliphatic heterocycles. The molecule has 0 bridgehead atoms. The molecule has 1 saturated heterocycles. The molecule has 210 valence electrons. The number of hydrogen-bond donors (Lipinski definition) is 4. The largest absolute Gasteiger partial charge is 0.395 e. The number of aliphatic hydroxyl groups is 2. The van der Waals surface area contributed by atoms with Crippen LogP contribution in [0.15, 0.2) is 12.3 Å². The number of benzene rings is 1. The van der Waals surface area contributed by atoms with Crippen molar-refractivity contribution in [2.24, 2.45) is 0 Å². The number of rotatable bonds is 6. The Morgan fingerprint density at radius 2 is 1.95 bits per heavy atom. The predicted octanol–water partition coefficient (Wildman–Crippen LogP) is 2.11. The Labute approximate surface area is 221 Å². The third-order valence-electron chi connectivity index (χ3n) is 7.71. The summed E-state index contributed by atoms with van der Waals surface area (Å²) in [5.74, 6) is -1.46. The van der Waals surface area contributed by atoms with E-state index in [0.29, 0.717) is 24.1 Å². The first-order chi connectivity index (χ1) is 17.6. The number of β-amino-alcohol motifs (C(OH)–C–C–N with tert-alkyl or cyclic N) is 1. The van der Waals surface area contributed by atoms with E-state index in [-0.39, 0.29) is 48.4 Å². The van der Waals surface area contributed by atoms with Gasteiger partial charge in [-0.3, -0.25) is 0 Å². The topological polar surface area (TPSA) is 145 Å². The van der Waals surface area contributed by atoms with Crippen LogP contribution in [0.4, 0.5) is 26.1 Å². The van der Waals surface area contributed by atoms with Gasteiger partial charge in [0.15, 0.2) is 5.82 Å². The summed E-state index contributed by atoms with van der Waals surface area (Å²) in [6, 6.07) is 0.145. The molecule has 2 aliphatic rings. The Morgan fingerprint density at radius 3 is 2.55 bits per heavy atom. The minimum absolute atomic E-state index is 0.0233. The van der Waals surface area contributed by atoms with Crippen LogP contribution in [-0.2, 0) is 16.4 Å². The van der Waals surface area contributed by atoms with E-state index in [1.54, 1.807) is 13.8 Å². The Hall–Kier alpha value is -2.61. The van der Waals surface area contributed by atoms with Crippen LogP contribution in [0.5, 0.6) is 0 Å². The summed E-state index contributed by atoms with van der Waals surface area (Å²) in [4.78, 5) is 10.2. The first kappa shape index (κ1) is 28.4. The molecule has 1 aromatic carbocycles. The Kier molecular flexibility index (Phi) is 7.60. The average Bonchev–Trinajstić information content (AvgIpc) is 2.82. The Morgan fingerprint density at radius 1 is 1.26 bits per heavy atom. The molecule has 0 radical (unpaired) electrons. The number of nitrogens with zero attached hydrogens (tertiary/aromatic N) is 4. The molecule has 4 atom stereocenters. The van der Waals surface area contributed by atoms with Crippen molar-refractivity contribution >= 4 is 27.3 Å². The molecule has 2 aromatic rings. The van der Waals surface area contributed by atoms with Crippen molar-refractivity contribution in [2.75, 3.05) is 35.3 Å². The lowest BCUT2D eigenvalue weighted by molar-refractivity contribution is 0.0516. The maximum absolute atomic E-state index is 15.2. The fraction of sp³-hybridized carbons (Fsp3) is 0.600. The van der Waals surface area contributed by atoms with Gasteiger partial charge in [0, 0.05) is 24.7 Å². The van der Waals surface area contributed by atoms with Crippen LogP contribution in [0.25, 0.3) is 11.3 Å². The highest BCUT2D eigenvalue weighted by molar-refractivity contribution is 7.88. The lowest BCUT2D eigenvalue weighted by Gasteiger charge is -2.46. The maximum Gasteiger partial charge on any atom is 0.223 e. The van der Waals surface area contributed by atoms with Crippen LogP contribution in [0.3, 0.4) is 0 Å². The van der Waals surface area contributed by atoms with Gasteiger partial charge in [0.2, 0.25) is 16.0 Å². The second-order valence-electron chi connectivity index (χ2n) is 10.9. The van der Waals surface area contributed by atoms with Crippen molar-refractivity contribution in [2.45, 2.75) is 76.8 Å². The second kappa shape index (κ2) is 10.2. The van der Waals surface area contributed by atoms with Crippen LogP contribution < -0.4 is 16.0 Å². The molecular formula is C25H36F2N6O4S. The number of hydrogen-bond acceptors (Lipinski definition) is 9. The number of nitrogens with two attached hydrogens (primary N) is 1. The molecule has 38 heavy (non-hydrogen) atoms. The molecule has 10 nitrogen and oxygen atoms in total. The van der Waals surface area contributed by atoms with Crippen molar-refractivity contribution < 1.29 is 27.4 Å². The molecule has 3 heterocycles. The average molecular weight is 555 g/mol. The Bertz CT molecular complexity index is 1320. The predicted molar refractivity (Wildman–Crippen MR) is 142 cm³/mol. The highest BCUT2D eigenvalue weighted by Gasteiger charge is 2.38. The van der Waals surface area contributed by atoms with Crippen molar-refractivity contribution in [1.82, 2.24) is 14.3 Å². The van der Waals surface area contributed by atoms with Gasteiger partial charge in [-0.15, -0.1) is 0 Å². The fourth-order valence-corrected chi connectivity index (χ4v) is 6.11. The quantitative estimate of drug-likeness (QED) is 0.395. The molecule has 0 saturated carbocycles. The first-order valence-corrected chi connectivity index (χ1v) is 14.5. The number of fused-ring (bicyclic) bond motifs is 1. The summed E-state index contributed by atoms with van der Waals surface area (Å²) in [6.07, 6.45) is 2.49. The third-order valence-corrected chi connectivity index (χ3v) is 8.98. The number of aromatic nitrogens is 2. The van der Waals surface area contributed by atoms with Crippen LogP contribution in [0.2, 0.25) is 0 Å². The normalized spacial score (nSPS) is 23.7. The molecule has 1 fully saturated rings. The van der Waals surface area contributed by atoms with E-state index in [2.05, 4.69) is 15.3 Å². The summed E-state index contributed by atoms with van der Waals surface area (Å²) in [6.45, 7) is 7.27. The molecule has 0 aliphatic carbocycles. The van der Waals surface area contributed by atoms with Gasteiger partial charge < -0.3 is 26.2 Å². The van der Waals surface area contributed by atoms with E-state index < -0.39 is 45.4 Å². The van der Waals surface area contributed by atoms with Gasteiger partial charge in [0.05, 0.1) is 47.6 Å². The van der Waals surface area contributed by atoms with Crippen LogP contribution >= 0.6 is 0 Å². The van der Waals surface area contributed by atoms with Crippen molar-refractivity contribution in [3.05, 3.63) is 29.5 Å². The molecule has 13 heteroatoms. The van der Waals surface area contributed by atoms with Gasteiger partial charge >= 0.3 is 0 Å². The number of anilines is 3. The van der Waals surface area contributed by atoms with E-state index in [9.17, 15) is 18.6 Å². The SMILES string of the molecule is CC(N1c2c(N)c(F)cc(-c3nc(N[C@@H]4CCN(S(C)(=O)=O)C[C@H]4O)ncc3F)c2CC[C@H]1C)C(C)(C)O. The highest BCUT2D eigenvalue weighted by Crippen LogP contribution is 2.45. The summed E-state index contributed by atoms with van der Waals surface area (Å²) in [5, 5.41) is 24.2. The maximum atomic E-state index is 15.2.